The van der Waals surface area contributed by atoms with Crippen LogP contribution in [0.5, 0.6) is 0 Å². The molecule has 0 radical (unpaired) electrons. The van der Waals surface area contributed by atoms with Gasteiger partial charge in [-0.05, 0) is 64.4 Å². The molecule has 1 unspecified atom stereocenters. The van der Waals surface area contributed by atoms with Gasteiger partial charge >= 0.3 is 0 Å². The van der Waals surface area contributed by atoms with Gasteiger partial charge in [0.2, 0.25) is 17.7 Å². The molecule has 1 N–H and O–H groups in total. The minimum Gasteiger partial charge on any atom is -0.356 e. The number of hydrogen-bond donors (Lipinski definition) is 1. The molecule has 2 aliphatic rings. The molecule has 7 nitrogen and oxygen atoms in total. The zero-order chi connectivity index (χ0) is 23.1. The van der Waals surface area contributed by atoms with Crippen LogP contribution in [0.2, 0.25) is 0 Å². The van der Waals surface area contributed by atoms with Crippen molar-refractivity contribution in [2.45, 2.75) is 46.5 Å². The second kappa shape index (κ2) is 11.5. The maximum Gasteiger partial charge on any atom is 0.239 e. The van der Waals surface area contributed by atoms with E-state index >= 15 is 0 Å². The number of rotatable bonds is 9. The van der Waals surface area contributed by atoms with Crippen molar-refractivity contribution in [1.29, 1.82) is 0 Å². The van der Waals surface area contributed by atoms with Gasteiger partial charge in [-0.3, -0.25) is 14.4 Å². The number of nitrogens with zero attached hydrogens (tertiary/aromatic N) is 3. The van der Waals surface area contributed by atoms with Gasteiger partial charge in [-0.15, -0.1) is 0 Å². The summed E-state index contributed by atoms with van der Waals surface area (Å²) in [4.78, 5) is 44.3. The molecule has 2 heterocycles. The molecular formula is C25H38N4O3. The van der Waals surface area contributed by atoms with Crippen LogP contribution in [0.1, 0.15) is 45.1 Å². The first-order chi connectivity index (χ1) is 15.4. The van der Waals surface area contributed by atoms with Crippen molar-refractivity contribution in [2.75, 3.05) is 50.7 Å². The van der Waals surface area contributed by atoms with Gasteiger partial charge in [0.15, 0.2) is 0 Å². The van der Waals surface area contributed by atoms with Crippen molar-refractivity contribution in [3.8, 4) is 0 Å². The fraction of sp³-hybridized carbons (Fsp3) is 0.640. The van der Waals surface area contributed by atoms with Crippen molar-refractivity contribution < 1.29 is 14.4 Å². The zero-order valence-electron chi connectivity index (χ0n) is 19.8. The van der Waals surface area contributed by atoms with E-state index in [1.807, 2.05) is 31.2 Å². The fourth-order valence-electron chi connectivity index (χ4n) is 4.67. The third-order valence-corrected chi connectivity index (χ3v) is 6.87. The number of aryl methyl sites for hydroxylation is 1. The van der Waals surface area contributed by atoms with E-state index in [0.717, 1.165) is 37.3 Å². The summed E-state index contributed by atoms with van der Waals surface area (Å²) in [5, 5.41) is 3.06. The van der Waals surface area contributed by atoms with Crippen LogP contribution in [-0.2, 0) is 14.4 Å². The lowest BCUT2D eigenvalue weighted by Crippen LogP contribution is -2.46. The van der Waals surface area contributed by atoms with Gasteiger partial charge in [-0.25, -0.2) is 0 Å². The number of amides is 3. The first kappa shape index (κ1) is 24.2. The summed E-state index contributed by atoms with van der Waals surface area (Å²) in [7, 11) is 0. The van der Waals surface area contributed by atoms with Crippen LogP contribution in [0.25, 0.3) is 0 Å². The van der Waals surface area contributed by atoms with Gasteiger partial charge in [0, 0.05) is 37.8 Å². The quantitative estimate of drug-likeness (QED) is 0.471. The fourth-order valence-corrected chi connectivity index (χ4v) is 4.67. The monoisotopic (exact) mass is 442 g/mol. The number of nitrogens with one attached hydrogen (secondary N) is 1. The van der Waals surface area contributed by atoms with E-state index in [4.69, 9.17) is 0 Å². The number of carbonyl (C=O) groups excluding carboxylic acids is 3. The van der Waals surface area contributed by atoms with Crippen LogP contribution in [0.4, 0.5) is 5.69 Å². The first-order valence-corrected chi connectivity index (χ1v) is 12.1. The number of hydrogen-bond acceptors (Lipinski definition) is 4. The largest absolute Gasteiger partial charge is 0.356 e. The molecule has 1 aromatic rings. The Morgan fingerprint density at radius 1 is 1.03 bits per heavy atom. The van der Waals surface area contributed by atoms with Gasteiger partial charge in [0.05, 0.1) is 0 Å². The molecule has 2 saturated heterocycles. The van der Waals surface area contributed by atoms with E-state index in [2.05, 4.69) is 24.1 Å². The van der Waals surface area contributed by atoms with Crippen LogP contribution >= 0.6 is 0 Å². The van der Waals surface area contributed by atoms with E-state index in [-0.39, 0.29) is 23.6 Å². The maximum absolute atomic E-state index is 13.0. The minimum atomic E-state index is -0.596. The number of carbonyl (C=O) groups is 3. The van der Waals surface area contributed by atoms with Crippen molar-refractivity contribution in [3.05, 3.63) is 29.8 Å². The standard InChI is InChI=1S/C25H38N4O3/c1-4-27(5-2)15-6-14-26-23(30)20-11-16-28(17-12-20)24(31)22-13-18-29(25(22)32)21-9-7-19(3)8-10-21/h7-10,20,22H,4-6,11-18H2,1-3H3,(H,26,30). The molecule has 3 amide bonds. The molecule has 1 aromatic carbocycles. The zero-order valence-corrected chi connectivity index (χ0v) is 19.8. The molecule has 0 spiro atoms. The highest BCUT2D eigenvalue weighted by Gasteiger charge is 2.40. The smallest absolute Gasteiger partial charge is 0.239 e. The third-order valence-electron chi connectivity index (χ3n) is 6.87. The average molecular weight is 443 g/mol. The summed E-state index contributed by atoms with van der Waals surface area (Å²) in [5.74, 6) is -0.730. The van der Waals surface area contributed by atoms with Gasteiger partial charge in [-0.2, -0.15) is 0 Å². The molecule has 0 aromatic heterocycles. The second-order valence-electron chi connectivity index (χ2n) is 8.94. The van der Waals surface area contributed by atoms with Crippen molar-refractivity contribution in [3.63, 3.8) is 0 Å². The van der Waals surface area contributed by atoms with Gasteiger partial charge in [0.25, 0.3) is 0 Å². The second-order valence-corrected chi connectivity index (χ2v) is 8.94. The Morgan fingerprint density at radius 2 is 1.69 bits per heavy atom. The number of anilines is 1. The summed E-state index contributed by atoms with van der Waals surface area (Å²) in [5.41, 5.74) is 2.00. The first-order valence-electron chi connectivity index (χ1n) is 12.1. The number of benzene rings is 1. The van der Waals surface area contributed by atoms with Gasteiger partial charge in [0.1, 0.15) is 5.92 Å². The Hall–Kier alpha value is -2.41. The molecule has 2 aliphatic heterocycles. The summed E-state index contributed by atoms with van der Waals surface area (Å²) < 4.78 is 0. The van der Waals surface area contributed by atoms with Gasteiger partial charge < -0.3 is 20.0 Å². The molecule has 0 saturated carbocycles. The summed E-state index contributed by atoms with van der Waals surface area (Å²) in [6.45, 7) is 11.7. The highest BCUT2D eigenvalue weighted by atomic mass is 16.2. The van der Waals surface area contributed by atoms with E-state index in [9.17, 15) is 14.4 Å². The van der Waals surface area contributed by atoms with Crippen LogP contribution in [0, 0.1) is 18.8 Å². The summed E-state index contributed by atoms with van der Waals surface area (Å²) in [6, 6.07) is 7.84. The van der Waals surface area contributed by atoms with Crippen LogP contribution in [-0.4, -0.2) is 73.3 Å². The Labute approximate surface area is 192 Å². The van der Waals surface area contributed by atoms with Crippen LogP contribution in [0.15, 0.2) is 24.3 Å². The highest BCUT2D eigenvalue weighted by molar-refractivity contribution is 6.09. The normalized spacial score (nSPS) is 19.6. The molecule has 3 rings (SSSR count). The van der Waals surface area contributed by atoms with Crippen molar-refractivity contribution >= 4 is 23.4 Å². The van der Waals surface area contributed by atoms with E-state index in [1.54, 1.807) is 9.80 Å². The molecule has 1 atom stereocenters. The molecule has 0 aliphatic carbocycles. The molecule has 7 heteroatoms. The number of piperidine rings is 1. The Bertz CT molecular complexity index is 783. The van der Waals surface area contributed by atoms with E-state index in [0.29, 0.717) is 45.4 Å². The topological polar surface area (TPSA) is 73.0 Å². The molecular weight excluding hydrogens is 404 g/mol. The molecule has 2 fully saturated rings. The lowest BCUT2D eigenvalue weighted by molar-refractivity contribution is -0.142. The maximum atomic E-state index is 13.0. The molecule has 32 heavy (non-hydrogen) atoms. The molecule has 176 valence electrons. The van der Waals surface area contributed by atoms with E-state index in [1.165, 1.54) is 0 Å². The average Bonchev–Trinajstić information content (AvgIpc) is 3.20. The Balaban J connectivity index is 1.43. The van der Waals surface area contributed by atoms with Crippen LogP contribution < -0.4 is 10.2 Å². The third kappa shape index (κ3) is 5.88. The predicted molar refractivity (Wildman–Crippen MR) is 126 cm³/mol. The van der Waals surface area contributed by atoms with Crippen LogP contribution in [0.3, 0.4) is 0 Å². The molecule has 0 bridgehead atoms. The number of likely N-dealkylation sites (tertiary alicyclic amines) is 1. The summed E-state index contributed by atoms with van der Waals surface area (Å²) in [6.07, 6.45) is 2.83. The highest BCUT2D eigenvalue weighted by Crippen LogP contribution is 2.28. The SMILES string of the molecule is CCN(CC)CCCNC(=O)C1CCN(C(=O)C2CCN(c3ccc(C)cc3)C2=O)CC1. The van der Waals surface area contributed by atoms with Crippen molar-refractivity contribution in [1.82, 2.24) is 15.1 Å². The van der Waals surface area contributed by atoms with Gasteiger partial charge in [-0.1, -0.05) is 31.5 Å². The predicted octanol–water partition coefficient (Wildman–Crippen LogP) is 2.43. The Kier molecular flexibility index (Phi) is 8.67. The van der Waals surface area contributed by atoms with E-state index < -0.39 is 5.92 Å². The lowest BCUT2D eigenvalue weighted by Gasteiger charge is -2.32. The lowest BCUT2D eigenvalue weighted by atomic mass is 9.94. The minimum absolute atomic E-state index is 0.0455. The summed E-state index contributed by atoms with van der Waals surface area (Å²) >= 11 is 0. The van der Waals surface area contributed by atoms with Crippen molar-refractivity contribution in [2.24, 2.45) is 11.8 Å². The Morgan fingerprint density at radius 3 is 2.31 bits per heavy atom.